The van der Waals surface area contributed by atoms with Crippen LogP contribution in [-0.2, 0) is 20.7 Å². The highest BCUT2D eigenvalue weighted by Gasteiger charge is 2.11. The Balaban J connectivity index is 1.40. The Bertz CT molecular complexity index is 912. The molecule has 10 nitrogen and oxygen atoms in total. The van der Waals surface area contributed by atoms with E-state index in [1.807, 2.05) is 6.92 Å². The Morgan fingerprint density at radius 1 is 1.18 bits per heavy atom. The SMILES string of the molecule is CCOCCOc1ccc(-c2nnc(CCC(=O)NCCCN3CCOCC3)c(=O)[nH]2)cc1. The number of benzene rings is 1. The van der Waals surface area contributed by atoms with E-state index in [1.54, 1.807) is 24.3 Å². The monoisotopic (exact) mass is 459 g/mol. The highest BCUT2D eigenvalue weighted by molar-refractivity contribution is 5.76. The van der Waals surface area contributed by atoms with Gasteiger partial charge in [0.05, 0.1) is 19.8 Å². The average molecular weight is 460 g/mol. The lowest BCUT2D eigenvalue weighted by Gasteiger charge is -2.26. The first-order chi connectivity index (χ1) is 16.2. The van der Waals surface area contributed by atoms with Crippen molar-refractivity contribution in [1.82, 2.24) is 25.4 Å². The van der Waals surface area contributed by atoms with Crippen LogP contribution in [0.1, 0.15) is 25.5 Å². The smallest absolute Gasteiger partial charge is 0.273 e. The van der Waals surface area contributed by atoms with E-state index in [9.17, 15) is 9.59 Å². The van der Waals surface area contributed by atoms with E-state index >= 15 is 0 Å². The van der Waals surface area contributed by atoms with Gasteiger partial charge in [-0.15, -0.1) is 10.2 Å². The van der Waals surface area contributed by atoms with Crippen LogP contribution in [0.4, 0.5) is 0 Å². The van der Waals surface area contributed by atoms with Gasteiger partial charge in [0.2, 0.25) is 5.91 Å². The second-order valence-corrected chi connectivity index (χ2v) is 7.68. The molecule has 0 aliphatic carbocycles. The van der Waals surface area contributed by atoms with Gasteiger partial charge >= 0.3 is 0 Å². The predicted molar refractivity (Wildman–Crippen MR) is 123 cm³/mol. The molecule has 0 saturated carbocycles. The molecule has 2 heterocycles. The second kappa shape index (κ2) is 13.7. The number of ether oxygens (including phenoxy) is 3. The maximum Gasteiger partial charge on any atom is 0.273 e. The van der Waals surface area contributed by atoms with Gasteiger partial charge < -0.3 is 24.5 Å². The molecule has 1 saturated heterocycles. The third kappa shape index (κ3) is 8.56. The van der Waals surface area contributed by atoms with Crippen LogP contribution in [0.2, 0.25) is 0 Å². The molecule has 0 atom stereocenters. The van der Waals surface area contributed by atoms with Crippen LogP contribution in [0, 0.1) is 0 Å². The lowest BCUT2D eigenvalue weighted by Crippen LogP contribution is -2.38. The van der Waals surface area contributed by atoms with Gasteiger partial charge in [-0.2, -0.15) is 0 Å². The number of morpholine rings is 1. The fraction of sp³-hybridized carbons (Fsp3) is 0.565. The van der Waals surface area contributed by atoms with Crippen LogP contribution in [0.15, 0.2) is 29.1 Å². The molecule has 0 spiro atoms. The summed E-state index contributed by atoms with van der Waals surface area (Å²) in [5, 5.41) is 11.1. The number of aromatic nitrogens is 3. The number of rotatable bonds is 13. The molecule has 3 rings (SSSR count). The molecular formula is C23H33N5O5. The third-order valence-corrected chi connectivity index (χ3v) is 5.26. The van der Waals surface area contributed by atoms with Crippen molar-refractivity contribution in [1.29, 1.82) is 0 Å². The van der Waals surface area contributed by atoms with Crippen molar-refractivity contribution in [3.63, 3.8) is 0 Å². The quantitative estimate of drug-likeness (QED) is 0.426. The van der Waals surface area contributed by atoms with Crippen LogP contribution in [-0.4, -0.2) is 85.2 Å². The van der Waals surface area contributed by atoms with Crippen LogP contribution < -0.4 is 15.6 Å². The molecule has 1 fully saturated rings. The second-order valence-electron chi connectivity index (χ2n) is 7.68. The van der Waals surface area contributed by atoms with Crippen molar-refractivity contribution in [2.24, 2.45) is 0 Å². The van der Waals surface area contributed by atoms with Gasteiger partial charge in [0.15, 0.2) is 5.82 Å². The minimum atomic E-state index is -0.336. The fourth-order valence-corrected chi connectivity index (χ4v) is 3.40. The van der Waals surface area contributed by atoms with Crippen LogP contribution in [0.25, 0.3) is 11.4 Å². The molecule has 1 aromatic carbocycles. The summed E-state index contributed by atoms with van der Waals surface area (Å²) in [6, 6.07) is 7.22. The summed E-state index contributed by atoms with van der Waals surface area (Å²) in [6.45, 7) is 8.58. The Kier molecular flexibility index (Phi) is 10.3. The molecule has 1 aliphatic heterocycles. The Labute approximate surface area is 193 Å². The van der Waals surface area contributed by atoms with Crippen molar-refractivity contribution >= 4 is 5.91 Å². The number of hydrogen-bond acceptors (Lipinski definition) is 8. The van der Waals surface area contributed by atoms with E-state index in [2.05, 4.69) is 25.4 Å². The molecular weight excluding hydrogens is 426 g/mol. The normalized spacial score (nSPS) is 14.2. The average Bonchev–Trinajstić information content (AvgIpc) is 2.85. The number of nitrogens with one attached hydrogen (secondary N) is 2. The minimum absolute atomic E-state index is 0.0952. The molecule has 0 radical (unpaired) electrons. The van der Waals surface area contributed by atoms with Crippen LogP contribution in [0.3, 0.4) is 0 Å². The van der Waals surface area contributed by atoms with E-state index in [0.29, 0.717) is 37.9 Å². The fourth-order valence-electron chi connectivity index (χ4n) is 3.40. The molecule has 1 aliphatic rings. The zero-order valence-electron chi connectivity index (χ0n) is 19.2. The predicted octanol–water partition coefficient (Wildman–Crippen LogP) is 1.02. The summed E-state index contributed by atoms with van der Waals surface area (Å²) in [6.07, 6.45) is 1.32. The topological polar surface area (TPSA) is 119 Å². The summed E-state index contributed by atoms with van der Waals surface area (Å²) < 4.78 is 16.1. The Hall–Kier alpha value is -2.82. The van der Waals surface area contributed by atoms with Crippen molar-refractivity contribution < 1.29 is 19.0 Å². The minimum Gasteiger partial charge on any atom is -0.491 e. The number of aryl methyl sites for hydroxylation is 1. The van der Waals surface area contributed by atoms with Crippen molar-refractivity contribution in [3.05, 3.63) is 40.3 Å². The van der Waals surface area contributed by atoms with E-state index in [1.165, 1.54) is 0 Å². The summed E-state index contributed by atoms with van der Waals surface area (Å²) >= 11 is 0. The molecule has 0 unspecified atom stereocenters. The number of aromatic amines is 1. The van der Waals surface area contributed by atoms with Crippen LogP contribution in [0.5, 0.6) is 5.75 Å². The molecule has 33 heavy (non-hydrogen) atoms. The zero-order chi connectivity index (χ0) is 23.3. The lowest BCUT2D eigenvalue weighted by atomic mass is 10.2. The Morgan fingerprint density at radius 3 is 2.70 bits per heavy atom. The molecule has 180 valence electrons. The zero-order valence-corrected chi connectivity index (χ0v) is 19.2. The molecule has 1 aromatic heterocycles. The Morgan fingerprint density at radius 2 is 1.97 bits per heavy atom. The maximum absolute atomic E-state index is 12.4. The highest BCUT2D eigenvalue weighted by atomic mass is 16.5. The van der Waals surface area contributed by atoms with Crippen molar-refractivity contribution in [2.75, 3.05) is 59.2 Å². The summed E-state index contributed by atoms with van der Waals surface area (Å²) in [7, 11) is 0. The van der Waals surface area contributed by atoms with Gasteiger partial charge in [0, 0.05) is 44.6 Å². The number of carbonyl (C=O) groups is 1. The molecule has 2 N–H and O–H groups in total. The number of carbonyl (C=O) groups excluding carboxylic acids is 1. The first-order valence-corrected chi connectivity index (χ1v) is 11.5. The largest absolute Gasteiger partial charge is 0.491 e. The molecule has 10 heteroatoms. The number of nitrogens with zero attached hydrogens (tertiary/aromatic N) is 3. The van der Waals surface area contributed by atoms with Gasteiger partial charge in [-0.05, 0) is 44.2 Å². The lowest BCUT2D eigenvalue weighted by molar-refractivity contribution is -0.121. The van der Waals surface area contributed by atoms with Gasteiger partial charge in [-0.3, -0.25) is 14.5 Å². The van der Waals surface area contributed by atoms with Crippen molar-refractivity contribution in [3.8, 4) is 17.1 Å². The molecule has 0 bridgehead atoms. The number of H-pyrrole nitrogens is 1. The molecule has 1 amide bonds. The van der Waals surface area contributed by atoms with Gasteiger partial charge in [-0.1, -0.05) is 0 Å². The number of amides is 1. The summed E-state index contributed by atoms with van der Waals surface area (Å²) in [5.74, 6) is 0.987. The summed E-state index contributed by atoms with van der Waals surface area (Å²) in [4.78, 5) is 29.5. The van der Waals surface area contributed by atoms with E-state index in [0.717, 1.165) is 44.8 Å². The highest BCUT2D eigenvalue weighted by Crippen LogP contribution is 2.18. The van der Waals surface area contributed by atoms with Crippen molar-refractivity contribution in [2.45, 2.75) is 26.2 Å². The van der Waals surface area contributed by atoms with E-state index in [4.69, 9.17) is 14.2 Å². The van der Waals surface area contributed by atoms with Gasteiger partial charge in [0.1, 0.15) is 18.1 Å². The number of hydrogen-bond donors (Lipinski definition) is 2. The van der Waals surface area contributed by atoms with Crippen LogP contribution >= 0.6 is 0 Å². The van der Waals surface area contributed by atoms with Gasteiger partial charge in [0.25, 0.3) is 5.56 Å². The van der Waals surface area contributed by atoms with E-state index < -0.39 is 0 Å². The van der Waals surface area contributed by atoms with Gasteiger partial charge in [-0.25, -0.2) is 0 Å². The maximum atomic E-state index is 12.4. The molecule has 2 aromatic rings. The standard InChI is InChI=1S/C23H33N5O5/c1-2-31-16-17-33-19-6-4-18(5-7-19)22-25-23(30)20(26-27-22)8-9-21(29)24-10-3-11-28-12-14-32-15-13-28/h4-7H,2-3,8-17H2,1H3,(H,24,29)(H,25,27,30). The summed E-state index contributed by atoms with van der Waals surface area (Å²) in [5.41, 5.74) is 0.636. The first kappa shape index (κ1) is 24.8. The first-order valence-electron chi connectivity index (χ1n) is 11.5. The van der Waals surface area contributed by atoms with E-state index in [-0.39, 0.29) is 30.0 Å². The third-order valence-electron chi connectivity index (χ3n) is 5.26.